The zero-order chi connectivity index (χ0) is 22.9. The first-order valence-corrected chi connectivity index (χ1v) is 11.8. The van der Waals surface area contributed by atoms with E-state index in [2.05, 4.69) is 56.1 Å². The number of piperidine rings is 1. The molecule has 3 aromatic rings. The number of anilines is 1. The van der Waals surface area contributed by atoms with Gasteiger partial charge in [0.15, 0.2) is 0 Å². The molecule has 2 aliphatic rings. The van der Waals surface area contributed by atoms with Crippen molar-refractivity contribution in [2.45, 2.75) is 32.6 Å². The van der Waals surface area contributed by atoms with Crippen LogP contribution in [0.25, 0.3) is 11.3 Å². The van der Waals surface area contributed by atoms with Crippen LogP contribution in [0.1, 0.15) is 45.8 Å². The monoisotopic (exact) mass is 441 g/mol. The zero-order valence-electron chi connectivity index (χ0n) is 19.7. The lowest BCUT2D eigenvalue weighted by Gasteiger charge is -2.33. The molecule has 0 bridgehead atoms. The molecule has 1 aromatic heterocycles. The van der Waals surface area contributed by atoms with Crippen LogP contribution in [-0.2, 0) is 0 Å². The molecule has 5 heteroatoms. The summed E-state index contributed by atoms with van der Waals surface area (Å²) in [6.07, 6.45) is 3.94. The molecule has 33 heavy (non-hydrogen) atoms. The molecule has 3 heterocycles. The van der Waals surface area contributed by atoms with Gasteiger partial charge in [-0.15, -0.1) is 0 Å². The molecule has 1 amide bonds. The van der Waals surface area contributed by atoms with Crippen LogP contribution in [-0.4, -0.2) is 49.1 Å². The Hall–Kier alpha value is -3.34. The summed E-state index contributed by atoms with van der Waals surface area (Å²) < 4.78 is 5.78. The average molecular weight is 442 g/mol. The lowest BCUT2D eigenvalue weighted by atomic mass is 9.89. The molecule has 0 spiro atoms. The number of benzene rings is 2. The average Bonchev–Trinajstić information content (AvgIpc) is 2.85. The van der Waals surface area contributed by atoms with E-state index in [1.807, 2.05) is 29.3 Å². The number of likely N-dealkylation sites (N-methyl/N-ethyl adjacent to an activating group) is 1. The van der Waals surface area contributed by atoms with E-state index in [0.29, 0.717) is 18.1 Å². The summed E-state index contributed by atoms with van der Waals surface area (Å²) in [5.41, 5.74) is 7.81. The lowest BCUT2D eigenvalue weighted by Crippen LogP contribution is -2.38. The van der Waals surface area contributed by atoms with Gasteiger partial charge < -0.3 is 14.5 Å². The van der Waals surface area contributed by atoms with Crippen molar-refractivity contribution < 1.29 is 9.53 Å². The van der Waals surface area contributed by atoms with Crippen LogP contribution in [0.2, 0.25) is 0 Å². The highest BCUT2D eigenvalue weighted by molar-refractivity contribution is 5.95. The highest BCUT2D eigenvalue weighted by atomic mass is 16.5. The van der Waals surface area contributed by atoms with Gasteiger partial charge in [0.25, 0.3) is 5.91 Å². The minimum absolute atomic E-state index is 0.0940. The van der Waals surface area contributed by atoms with Crippen LogP contribution in [0, 0.1) is 13.8 Å². The number of ether oxygens (including phenoxy) is 1. The maximum Gasteiger partial charge on any atom is 0.253 e. The predicted molar refractivity (Wildman–Crippen MR) is 132 cm³/mol. The predicted octanol–water partition coefficient (Wildman–Crippen LogP) is 5.21. The smallest absolute Gasteiger partial charge is 0.253 e. The molecule has 0 unspecified atom stereocenters. The fourth-order valence-corrected chi connectivity index (χ4v) is 4.92. The van der Waals surface area contributed by atoms with Gasteiger partial charge in [-0.3, -0.25) is 9.78 Å². The minimum Gasteiger partial charge on any atom is -0.490 e. The van der Waals surface area contributed by atoms with Crippen LogP contribution >= 0.6 is 0 Å². The van der Waals surface area contributed by atoms with Crippen LogP contribution in [0.4, 0.5) is 5.69 Å². The molecule has 1 saturated heterocycles. The van der Waals surface area contributed by atoms with Crippen molar-refractivity contribution in [3.05, 3.63) is 77.0 Å². The second-order valence-corrected chi connectivity index (χ2v) is 9.24. The van der Waals surface area contributed by atoms with Gasteiger partial charge in [-0.05, 0) is 73.6 Å². The van der Waals surface area contributed by atoms with E-state index in [4.69, 9.17) is 9.72 Å². The van der Waals surface area contributed by atoms with E-state index >= 15 is 0 Å². The van der Waals surface area contributed by atoms with Gasteiger partial charge in [0, 0.05) is 37.5 Å². The molecule has 0 aliphatic carbocycles. The highest BCUT2D eigenvalue weighted by Gasteiger charge is 2.26. The van der Waals surface area contributed by atoms with E-state index in [-0.39, 0.29) is 5.91 Å². The van der Waals surface area contributed by atoms with Crippen molar-refractivity contribution in [1.29, 1.82) is 0 Å². The van der Waals surface area contributed by atoms with Gasteiger partial charge in [0.1, 0.15) is 12.4 Å². The third-order valence-electron chi connectivity index (χ3n) is 7.22. The Labute approximate surface area is 196 Å². The molecule has 0 atom stereocenters. The number of fused-ring (bicyclic) bond motifs is 1. The number of carbonyl (C=O) groups is 1. The molecule has 0 radical (unpaired) electrons. The number of hydrogen-bond acceptors (Lipinski definition) is 4. The van der Waals surface area contributed by atoms with Crippen molar-refractivity contribution in [3.8, 4) is 17.0 Å². The van der Waals surface area contributed by atoms with E-state index in [0.717, 1.165) is 49.6 Å². The molecule has 170 valence electrons. The van der Waals surface area contributed by atoms with Gasteiger partial charge in [-0.1, -0.05) is 24.3 Å². The second-order valence-electron chi connectivity index (χ2n) is 9.24. The first-order valence-electron chi connectivity index (χ1n) is 11.8. The SMILES string of the molecule is Cc1cccc(-c2ccc(C3CCN(C(=O)c4ccc5c(c4)OCCN5C)CC3)cn2)c1C. The summed E-state index contributed by atoms with van der Waals surface area (Å²) in [6, 6.07) is 16.5. The Bertz CT molecular complexity index is 1160. The molecule has 1 fully saturated rings. The number of nitrogens with zero attached hydrogens (tertiary/aromatic N) is 3. The fourth-order valence-electron chi connectivity index (χ4n) is 4.92. The fraction of sp³-hybridized carbons (Fsp3) is 0.357. The van der Waals surface area contributed by atoms with Gasteiger partial charge in [-0.2, -0.15) is 0 Å². The zero-order valence-corrected chi connectivity index (χ0v) is 19.7. The topological polar surface area (TPSA) is 45.7 Å². The second kappa shape index (κ2) is 8.89. The number of pyridine rings is 1. The minimum atomic E-state index is 0.0940. The van der Waals surface area contributed by atoms with Crippen molar-refractivity contribution in [2.75, 3.05) is 38.2 Å². The van der Waals surface area contributed by atoms with Gasteiger partial charge in [-0.25, -0.2) is 0 Å². The first-order chi connectivity index (χ1) is 16.0. The quantitative estimate of drug-likeness (QED) is 0.559. The molecule has 0 N–H and O–H groups in total. The van der Waals surface area contributed by atoms with E-state index < -0.39 is 0 Å². The Morgan fingerprint density at radius 2 is 1.85 bits per heavy atom. The molecular formula is C28H31N3O2. The van der Waals surface area contributed by atoms with Crippen molar-refractivity contribution >= 4 is 11.6 Å². The van der Waals surface area contributed by atoms with E-state index in [1.165, 1.54) is 22.3 Å². The van der Waals surface area contributed by atoms with Crippen LogP contribution < -0.4 is 9.64 Å². The summed E-state index contributed by atoms with van der Waals surface area (Å²) in [6.45, 7) is 7.34. The number of rotatable bonds is 3. The molecule has 5 rings (SSSR count). The number of carbonyl (C=O) groups excluding carboxylic acids is 1. The van der Waals surface area contributed by atoms with Crippen LogP contribution in [0.15, 0.2) is 54.7 Å². The summed E-state index contributed by atoms with van der Waals surface area (Å²) in [5.74, 6) is 1.34. The van der Waals surface area contributed by atoms with Crippen LogP contribution in [0.3, 0.4) is 0 Å². The summed E-state index contributed by atoms with van der Waals surface area (Å²) >= 11 is 0. The number of aryl methyl sites for hydroxylation is 1. The van der Waals surface area contributed by atoms with E-state index in [9.17, 15) is 4.79 Å². The molecular weight excluding hydrogens is 410 g/mol. The first kappa shape index (κ1) is 21.5. The lowest BCUT2D eigenvalue weighted by molar-refractivity contribution is 0.0712. The Morgan fingerprint density at radius 1 is 1.03 bits per heavy atom. The van der Waals surface area contributed by atoms with Crippen molar-refractivity contribution in [1.82, 2.24) is 9.88 Å². The number of amides is 1. The molecule has 2 aromatic carbocycles. The summed E-state index contributed by atoms with van der Waals surface area (Å²) in [5, 5.41) is 0. The third kappa shape index (κ3) is 4.20. The molecule has 0 saturated carbocycles. The molecule has 2 aliphatic heterocycles. The maximum atomic E-state index is 13.1. The summed E-state index contributed by atoms with van der Waals surface area (Å²) in [4.78, 5) is 22.0. The Balaban J connectivity index is 1.24. The normalized spacial score (nSPS) is 16.3. The number of likely N-dealkylation sites (tertiary alicyclic amines) is 1. The third-order valence-corrected chi connectivity index (χ3v) is 7.22. The van der Waals surface area contributed by atoms with Crippen LogP contribution in [0.5, 0.6) is 5.75 Å². The van der Waals surface area contributed by atoms with Crippen molar-refractivity contribution in [2.24, 2.45) is 0 Å². The van der Waals surface area contributed by atoms with Gasteiger partial charge in [0.2, 0.25) is 0 Å². The van der Waals surface area contributed by atoms with Gasteiger partial charge >= 0.3 is 0 Å². The Kier molecular flexibility index (Phi) is 5.79. The number of aromatic nitrogens is 1. The Morgan fingerprint density at radius 3 is 2.61 bits per heavy atom. The largest absolute Gasteiger partial charge is 0.490 e. The van der Waals surface area contributed by atoms with Gasteiger partial charge in [0.05, 0.1) is 17.9 Å². The summed E-state index contributed by atoms with van der Waals surface area (Å²) in [7, 11) is 2.05. The highest BCUT2D eigenvalue weighted by Crippen LogP contribution is 2.33. The maximum absolute atomic E-state index is 13.1. The number of hydrogen-bond donors (Lipinski definition) is 0. The standard InChI is InChI=1S/C28H31N3O2/c1-19-5-4-6-24(20(19)2)25-9-7-23(18-29-25)21-11-13-31(14-12-21)28(32)22-8-10-26-27(17-22)33-16-15-30(26)3/h4-10,17-18,21H,11-16H2,1-3H3. The molecule has 5 nitrogen and oxygen atoms in total. The van der Waals surface area contributed by atoms with E-state index in [1.54, 1.807) is 0 Å². The van der Waals surface area contributed by atoms with Crippen molar-refractivity contribution in [3.63, 3.8) is 0 Å².